The van der Waals surface area contributed by atoms with E-state index in [2.05, 4.69) is 18.9 Å². The molecule has 0 heterocycles. The van der Waals surface area contributed by atoms with Crippen molar-refractivity contribution < 1.29 is 0 Å². The van der Waals surface area contributed by atoms with E-state index in [0.29, 0.717) is 0 Å². The van der Waals surface area contributed by atoms with Crippen molar-refractivity contribution in [2.75, 3.05) is 0 Å². The zero-order valence-electron chi connectivity index (χ0n) is 4.99. The van der Waals surface area contributed by atoms with Crippen molar-refractivity contribution in [1.29, 1.82) is 0 Å². The highest BCUT2D eigenvalue weighted by Crippen LogP contribution is 2.28. The lowest BCUT2D eigenvalue weighted by Crippen LogP contribution is -1.96. The highest BCUT2D eigenvalue weighted by Gasteiger charge is 2.10. The highest BCUT2D eigenvalue weighted by molar-refractivity contribution is 5.60. The standard InChI is InChI=1S/C8H8/c1-4-8-5-6(2)7(8)3/h5H,1,3H2,2H3. The van der Waals surface area contributed by atoms with E-state index in [1.165, 1.54) is 5.57 Å². The summed E-state index contributed by atoms with van der Waals surface area (Å²) in [6.45, 7) is 9.32. The third kappa shape index (κ3) is 0.473. The van der Waals surface area contributed by atoms with Crippen LogP contribution in [0.3, 0.4) is 0 Å². The summed E-state index contributed by atoms with van der Waals surface area (Å²) in [6, 6.07) is 0. The van der Waals surface area contributed by atoms with Crippen LogP contribution in [0.25, 0.3) is 0 Å². The molecule has 0 bridgehead atoms. The second-order valence-electron chi connectivity index (χ2n) is 1.90. The highest BCUT2D eigenvalue weighted by atomic mass is 14.1. The molecule has 0 amide bonds. The van der Waals surface area contributed by atoms with Gasteiger partial charge in [0, 0.05) is 5.57 Å². The van der Waals surface area contributed by atoms with Crippen LogP contribution >= 0.6 is 0 Å². The first-order valence-electron chi connectivity index (χ1n) is 2.53. The molecule has 0 nitrogen and oxygen atoms in total. The zero-order chi connectivity index (χ0) is 6.15. The van der Waals surface area contributed by atoms with Gasteiger partial charge in [-0.3, -0.25) is 0 Å². The summed E-state index contributed by atoms with van der Waals surface area (Å²) in [5.41, 5.74) is 6.16. The summed E-state index contributed by atoms with van der Waals surface area (Å²) < 4.78 is 0. The van der Waals surface area contributed by atoms with Crippen LogP contribution in [-0.2, 0) is 0 Å². The van der Waals surface area contributed by atoms with Gasteiger partial charge in [0.1, 0.15) is 0 Å². The molecule has 1 aliphatic carbocycles. The van der Waals surface area contributed by atoms with Crippen LogP contribution in [0, 0.1) is 0 Å². The van der Waals surface area contributed by atoms with E-state index in [-0.39, 0.29) is 0 Å². The lowest BCUT2D eigenvalue weighted by atomic mass is 9.89. The molecule has 40 valence electrons. The van der Waals surface area contributed by atoms with Crippen molar-refractivity contribution in [3.8, 4) is 0 Å². The molecule has 0 saturated carbocycles. The van der Waals surface area contributed by atoms with Gasteiger partial charge in [0.05, 0.1) is 0 Å². The monoisotopic (exact) mass is 104 g/mol. The van der Waals surface area contributed by atoms with Crippen LogP contribution in [-0.4, -0.2) is 0 Å². The Morgan fingerprint density at radius 1 is 1.62 bits per heavy atom. The van der Waals surface area contributed by atoms with Gasteiger partial charge in [-0.2, -0.15) is 0 Å². The minimum atomic E-state index is 1.06. The number of rotatable bonds is 0. The van der Waals surface area contributed by atoms with Crippen LogP contribution in [0.1, 0.15) is 6.92 Å². The first kappa shape index (κ1) is 5.14. The summed E-state index contributed by atoms with van der Waals surface area (Å²) in [7, 11) is 0. The molecule has 0 N–H and O–H groups in total. The Morgan fingerprint density at radius 3 is 2.38 bits per heavy atom. The van der Waals surface area contributed by atoms with Crippen molar-refractivity contribution in [2.45, 2.75) is 6.92 Å². The van der Waals surface area contributed by atoms with Gasteiger partial charge in [0.15, 0.2) is 0 Å². The Hall–Kier alpha value is -1.00. The van der Waals surface area contributed by atoms with E-state index >= 15 is 0 Å². The quantitative estimate of drug-likeness (QED) is 0.413. The third-order valence-electron chi connectivity index (χ3n) is 1.35. The molecular weight excluding hydrogens is 96.1 g/mol. The van der Waals surface area contributed by atoms with E-state index < -0.39 is 0 Å². The van der Waals surface area contributed by atoms with Crippen LogP contribution < -0.4 is 0 Å². The smallest absolute Gasteiger partial charge is 0.0230 e. The molecule has 0 unspecified atom stereocenters. The fourth-order valence-corrected chi connectivity index (χ4v) is 0.683. The van der Waals surface area contributed by atoms with E-state index in [1.54, 1.807) is 0 Å². The normalized spacial score (nSPS) is 16.9. The van der Waals surface area contributed by atoms with Gasteiger partial charge in [0.25, 0.3) is 0 Å². The molecule has 0 aromatic carbocycles. The molecule has 0 atom stereocenters. The second-order valence-corrected chi connectivity index (χ2v) is 1.90. The molecule has 0 heteroatoms. The van der Waals surface area contributed by atoms with E-state index in [1.807, 2.05) is 13.0 Å². The molecule has 0 radical (unpaired) electrons. The molecule has 0 aliphatic heterocycles. The Morgan fingerprint density at radius 2 is 2.25 bits per heavy atom. The lowest BCUT2D eigenvalue weighted by molar-refractivity contribution is 1.30. The van der Waals surface area contributed by atoms with Crippen molar-refractivity contribution in [3.63, 3.8) is 0 Å². The average molecular weight is 104 g/mol. The van der Waals surface area contributed by atoms with Crippen LogP contribution in [0.5, 0.6) is 0 Å². The first-order valence-corrected chi connectivity index (χ1v) is 2.53. The summed E-state index contributed by atoms with van der Waals surface area (Å²) in [5, 5.41) is 0. The molecule has 0 aromatic rings. The predicted molar refractivity (Wildman–Crippen MR) is 35.5 cm³/mol. The van der Waals surface area contributed by atoms with Crippen molar-refractivity contribution in [1.82, 2.24) is 0 Å². The van der Waals surface area contributed by atoms with Gasteiger partial charge < -0.3 is 0 Å². The minimum Gasteiger partial charge on any atom is -0.120 e. The number of allylic oxidation sites excluding steroid dienone is 4. The zero-order valence-corrected chi connectivity index (χ0v) is 4.99. The summed E-state index contributed by atoms with van der Waals surface area (Å²) in [6.07, 6.45) is 2.02. The average Bonchev–Trinajstić information content (AvgIpc) is 1.81. The van der Waals surface area contributed by atoms with Crippen molar-refractivity contribution in [3.05, 3.63) is 41.7 Å². The van der Waals surface area contributed by atoms with Crippen molar-refractivity contribution >= 4 is 0 Å². The minimum absolute atomic E-state index is 1.06. The Kier molecular flexibility index (Phi) is 0.964. The Bertz CT molecular complexity index is 210. The topological polar surface area (TPSA) is 0 Å². The fourth-order valence-electron chi connectivity index (χ4n) is 0.683. The maximum Gasteiger partial charge on any atom is 0.0230 e. The lowest BCUT2D eigenvalue weighted by Gasteiger charge is -2.14. The van der Waals surface area contributed by atoms with Gasteiger partial charge in [-0.15, -0.1) is 5.73 Å². The summed E-state index contributed by atoms with van der Waals surface area (Å²) >= 11 is 0. The first-order chi connectivity index (χ1) is 3.75. The molecule has 8 heavy (non-hydrogen) atoms. The summed E-state index contributed by atoms with van der Waals surface area (Å²) in [5.74, 6) is 0. The molecule has 0 saturated heterocycles. The van der Waals surface area contributed by atoms with Gasteiger partial charge in [0.2, 0.25) is 0 Å². The van der Waals surface area contributed by atoms with E-state index in [9.17, 15) is 0 Å². The number of hydrogen-bond donors (Lipinski definition) is 0. The molecular formula is C8H8. The maximum absolute atomic E-state index is 3.79. The molecule has 1 aliphatic rings. The summed E-state index contributed by atoms with van der Waals surface area (Å²) in [4.78, 5) is 0. The SMILES string of the molecule is C=C=C1C=C(C)C1=C. The number of hydrogen-bond acceptors (Lipinski definition) is 0. The Labute approximate surface area is 49.5 Å². The molecule has 0 aromatic heterocycles. The molecule has 1 rings (SSSR count). The third-order valence-corrected chi connectivity index (χ3v) is 1.35. The van der Waals surface area contributed by atoms with Gasteiger partial charge in [-0.1, -0.05) is 13.2 Å². The van der Waals surface area contributed by atoms with Crippen LogP contribution in [0.2, 0.25) is 0 Å². The maximum atomic E-state index is 3.79. The fraction of sp³-hybridized carbons (Fsp3) is 0.125. The van der Waals surface area contributed by atoms with Gasteiger partial charge >= 0.3 is 0 Å². The van der Waals surface area contributed by atoms with Crippen LogP contribution in [0.4, 0.5) is 0 Å². The molecule has 0 spiro atoms. The van der Waals surface area contributed by atoms with E-state index in [4.69, 9.17) is 0 Å². The van der Waals surface area contributed by atoms with E-state index in [0.717, 1.165) is 11.1 Å². The van der Waals surface area contributed by atoms with Gasteiger partial charge in [-0.05, 0) is 24.1 Å². The second kappa shape index (κ2) is 1.50. The predicted octanol–water partition coefficient (Wildman–Crippen LogP) is 2.21. The molecule has 0 fully saturated rings. The Balaban J connectivity index is 3.07. The van der Waals surface area contributed by atoms with Crippen LogP contribution in [0.15, 0.2) is 41.7 Å². The van der Waals surface area contributed by atoms with Crippen molar-refractivity contribution in [2.24, 2.45) is 0 Å². The largest absolute Gasteiger partial charge is 0.120 e. The van der Waals surface area contributed by atoms with Gasteiger partial charge in [-0.25, -0.2) is 0 Å².